The number of carbonyl (C=O) groups is 1. The largest absolute Gasteiger partial charge is 0.310 e. The Labute approximate surface area is 80.9 Å². The molecule has 76 valence electrons. The molecule has 0 saturated carbocycles. The average Bonchev–Trinajstić information content (AvgIpc) is 2.20. The molecule has 0 radical (unpaired) electrons. The van der Waals surface area contributed by atoms with Crippen LogP contribution in [0.25, 0.3) is 0 Å². The second-order valence-electron chi connectivity index (χ2n) is 3.00. The summed E-state index contributed by atoms with van der Waals surface area (Å²) >= 11 is 0. The SMILES string of the molecule is CNC(C)C(=O)c1ccc(F)c(F)c1. The lowest BCUT2D eigenvalue weighted by Gasteiger charge is -2.08. The highest BCUT2D eigenvalue weighted by Gasteiger charge is 2.14. The van der Waals surface area contributed by atoms with Crippen LogP contribution in [0.5, 0.6) is 0 Å². The summed E-state index contributed by atoms with van der Waals surface area (Å²) in [7, 11) is 1.63. The van der Waals surface area contributed by atoms with Crippen molar-refractivity contribution in [2.75, 3.05) is 7.05 Å². The van der Waals surface area contributed by atoms with Gasteiger partial charge in [0.05, 0.1) is 6.04 Å². The Hall–Kier alpha value is -1.29. The maximum atomic E-state index is 12.8. The summed E-state index contributed by atoms with van der Waals surface area (Å²) in [6, 6.07) is 2.73. The number of hydrogen-bond donors (Lipinski definition) is 1. The maximum absolute atomic E-state index is 12.8. The molecular weight excluding hydrogens is 188 g/mol. The van der Waals surface area contributed by atoms with Crippen LogP contribution in [0.1, 0.15) is 17.3 Å². The van der Waals surface area contributed by atoms with Crippen molar-refractivity contribution < 1.29 is 13.6 Å². The van der Waals surface area contributed by atoms with Crippen molar-refractivity contribution >= 4 is 5.78 Å². The van der Waals surface area contributed by atoms with Crippen LogP contribution in [-0.4, -0.2) is 18.9 Å². The molecular formula is C10H11F2NO. The van der Waals surface area contributed by atoms with E-state index in [1.807, 2.05) is 0 Å². The number of rotatable bonds is 3. The van der Waals surface area contributed by atoms with Gasteiger partial charge in [-0.15, -0.1) is 0 Å². The molecule has 0 saturated heterocycles. The van der Waals surface area contributed by atoms with Gasteiger partial charge < -0.3 is 5.32 Å². The molecule has 0 amide bonds. The predicted octanol–water partition coefficient (Wildman–Crippen LogP) is 1.76. The topological polar surface area (TPSA) is 29.1 Å². The molecule has 0 fully saturated rings. The van der Waals surface area contributed by atoms with E-state index in [4.69, 9.17) is 0 Å². The van der Waals surface area contributed by atoms with E-state index in [0.29, 0.717) is 0 Å². The first kappa shape index (κ1) is 10.8. The lowest BCUT2D eigenvalue weighted by atomic mass is 10.1. The minimum Gasteiger partial charge on any atom is -0.310 e. The molecule has 0 aliphatic rings. The van der Waals surface area contributed by atoms with Crippen molar-refractivity contribution in [3.8, 4) is 0 Å². The van der Waals surface area contributed by atoms with Gasteiger partial charge in [-0.1, -0.05) is 0 Å². The van der Waals surface area contributed by atoms with E-state index < -0.39 is 17.7 Å². The Morgan fingerprint density at radius 2 is 2.00 bits per heavy atom. The highest BCUT2D eigenvalue weighted by molar-refractivity contribution is 5.99. The number of carbonyl (C=O) groups excluding carboxylic acids is 1. The van der Waals surface area contributed by atoms with E-state index in [1.165, 1.54) is 6.07 Å². The molecule has 0 aliphatic carbocycles. The quantitative estimate of drug-likeness (QED) is 0.751. The molecule has 0 bridgehead atoms. The average molecular weight is 199 g/mol. The minimum absolute atomic E-state index is 0.172. The maximum Gasteiger partial charge on any atom is 0.179 e. The van der Waals surface area contributed by atoms with Gasteiger partial charge in [-0.2, -0.15) is 0 Å². The molecule has 14 heavy (non-hydrogen) atoms. The lowest BCUT2D eigenvalue weighted by molar-refractivity contribution is 0.0954. The number of Topliss-reactive ketones (excluding diaryl/α,β-unsaturated/α-hetero) is 1. The van der Waals surface area contributed by atoms with Crippen molar-refractivity contribution in [1.29, 1.82) is 0 Å². The molecule has 1 atom stereocenters. The third-order valence-electron chi connectivity index (χ3n) is 2.03. The van der Waals surface area contributed by atoms with Crippen molar-refractivity contribution in [2.45, 2.75) is 13.0 Å². The molecule has 0 heterocycles. The van der Waals surface area contributed by atoms with Crippen LogP contribution in [0, 0.1) is 11.6 Å². The molecule has 4 heteroatoms. The molecule has 0 spiro atoms. The van der Waals surface area contributed by atoms with E-state index in [-0.39, 0.29) is 11.3 Å². The fraction of sp³-hybridized carbons (Fsp3) is 0.300. The summed E-state index contributed by atoms with van der Waals surface area (Å²) in [6.45, 7) is 1.66. The molecule has 2 nitrogen and oxygen atoms in total. The summed E-state index contributed by atoms with van der Waals surface area (Å²) in [5.41, 5.74) is 0.172. The van der Waals surface area contributed by atoms with Crippen molar-refractivity contribution in [3.63, 3.8) is 0 Å². The Morgan fingerprint density at radius 3 is 2.50 bits per heavy atom. The summed E-state index contributed by atoms with van der Waals surface area (Å²) in [5, 5.41) is 2.73. The standard InChI is InChI=1S/C10H11F2NO/c1-6(13-2)10(14)7-3-4-8(11)9(12)5-7/h3-6,13H,1-2H3. The van der Waals surface area contributed by atoms with Gasteiger partial charge in [-0.25, -0.2) is 8.78 Å². The highest BCUT2D eigenvalue weighted by atomic mass is 19.2. The van der Waals surface area contributed by atoms with E-state index in [2.05, 4.69) is 5.32 Å². The van der Waals surface area contributed by atoms with Gasteiger partial charge in [0.2, 0.25) is 0 Å². The van der Waals surface area contributed by atoms with Crippen LogP contribution < -0.4 is 5.32 Å². The van der Waals surface area contributed by atoms with Crippen molar-refractivity contribution in [2.24, 2.45) is 0 Å². The normalized spacial score (nSPS) is 12.6. The van der Waals surface area contributed by atoms with Crippen LogP contribution in [0.3, 0.4) is 0 Å². The second-order valence-corrected chi connectivity index (χ2v) is 3.00. The van der Waals surface area contributed by atoms with Crippen LogP contribution in [0.15, 0.2) is 18.2 Å². The molecule has 0 aliphatic heterocycles. The van der Waals surface area contributed by atoms with Crippen molar-refractivity contribution in [3.05, 3.63) is 35.4 Å². The van der Waals surface area contributed by atoms with Gasteiger partial charge in [0.25, 0.3) is 0 Å². The lowest BCUT2D eigenvalue weighted by Crippen LogP contribution is -2.30. The van der Waals surface area contributed by atoms with Crippen LogP contribution in [-0.2, 0) is 0 Å². The smallest absolute Gasteiger partial charge is 0.179 e. The number of benzene rings is 1. The van der Waals surface area contributed by atoms with Gasteiger partial charge >= 0.3 is 0 Å². The zero-order valence-corrected chi connectivity index (χ0v) is 7.97. The fourth-order valence-corrected chi connectivity index (χ4v) is 1.03. The minimum atomic E-state index is -1.00. The van der Waals surface area contributed by atoms with Gasteiger partial charge in [-0.3, -0.25) is 4.79 Å². The van der Waals surface area contributed by atoms with E-state index in [1.54, 1.807) is 14.0 Å². The van der Waals surface area contributed by atoms with E-state index in [9.17, 15) is 13.6 Å². The third-order valence-corrected chi connectivity index (χ3v) is 2.03. The number of ketones is 1. The third kappa shape index (κ3) is 2.14. The first-order valence-electron chi connectivity index (χ1n) is 4.22. The molecule has 1 rings (SSSR count). The molecule has 0 aromatic heterocycles. The summed E-state index contributed by atoms with van der Waals surface area (Å²) in [5.74, 6) is -2.20. The number of halogens is 2. The van der Waals surface area contributed by atoms with Crippen LogP contribution in [0.4, 0.5) is 8.78 Å². The molecule has 1 aromatic rings. The Balaban J connectivity index is 2.97. The Morgan fingerprint density at radius 1 is 1.36 bits per heavy atom. The molecule has 1 aromatic carbocycles. The Kier molecular flexibility index (Phi) is 3.30. The van der Waals surface area contributed by atoms with Crippen LogP contribution >= 0.6 is 0 Å². The monoisotopic (exact) mass is 199 g/mol. The number of likely N-dealkylation sites (N-methyl/N-ethyl adjacent to an activating group) is 1. The van der Waals surface area contributed by atoms with Crippen molar-refractivity contribution in [1.82, 2.24) is 5.32 Å². The predicted molar refractivity (Wildman–Crippen MR) is 49.2 cm³/mol. The molecule has 1 unspecified atom stereocenters. The molecule has 1 N–H and O–H groups in total. The summed E-state index contributed by atoms with van der Waals surface area (Å²) in [6.07, 6.45) is 0. The number of hydrogen-bond acceptors (Lipinski definition) is 2. The first-order valence-corrected chi connectivity index (χ1v) is 4.22. The van der Waals surface area contributed by atoms with Gasteiger partial charge in [-0.05, 0) is 32.2 Å². The second kappa shape index (κ2) is 4.28. The first-order chi connectivity index (χ1) is 6.56. The number of nitrogens with one attached hydrogen (secondary N) is 1. The Bertz CT molecular complexity index is 352. The zero-order chi connectivity index (χ0) is 10.7. The highest BCUT2D eigenvalue weighted by Crippen LogP contribution is 2.10. The van der Waals surface area contributed by atoms with Gasteiger partial charge in [0.1, 0.15) is 0 Å². The van der Waals surface area contributed by atoms with Crippen LogP contribution in [0.2, 0.25) is 0 Å². The van der Waals surface area contributed by atoms with Gasteiger partial charge in [0, 0.05) is 5.56 Å². The van der Waals surface area contributed by atoms with Gasteiger partial charge in [0.15, 0.2) is 17.4 Å². The zero-order valence-electron chi connectivity index (χ0n) is 7.97. The fourth-order valence-electron chi connectivity index (χ4n) is 1.03. The summed E-state index contributed by atoms with van der Waals surface area (Å²) < 4.78 is 25.3. The van der Waals surface area contributed by atoms with E-state index in [0.717, 1.165) is 12.1 Å². The van der Waals surface area contributed by atoms with E-state index >= 15 is 0 Å². The summed E-state index contributed by atoms with van der Waals surface area (Å²) in [4.78, 5) is 11.5.